The summed E-state index contributed by atoms with van der Waals surface area (Å²) in [6, 6.07) is 13.8. The van der Waals surface area contributed by atoms with Gasteiger partial charge in [0.1, 0.15) is 5.75 Å². The number of likely N-dealkylation sites (N-methyl/N-ethyl adjacent to an activating group) is 1. The molecule has 0 aliphatic heterocycles. The molecule has 0 spiro atoms. The lowest BCUT2D eigenvalue weighted by Gasteiger charge is -2.26. The van der Waals surface area contributed by atoms with E-state index in [1.807, 2.05) is 18.2 Å². The number of benzene rings is 2. The standard InChI is InChI=1S/C20H22ClNO.ClH/c1-22(2)13-16-6-5-15-12-18(23)9-10-19(15)20(16)11-14-3-7-17(21)8-4-14;/h3-4,7-10,12,23H,5-6,11,13H2,1-2H3;1H. The van der Waals surface area contributed by atoms with Crippen LogP contribution in [-0.2, 0) is 12.8 Å². The topological polar surface area (TPSA) is 23.5 Å². The van der Waals surface area contributed by atoms with E-state index in [-0.39, 0.29) is 12.4 Å². The van der Waals surface area contributed by atoms with Crippen LogP contribution in [-0.4, -0.2) is 30.6 Å². The van der Waals surface area contributed by atoms with Gasteiger partial charge in [-0.3, -0.25) is 0 Å². The van der Waals surface area contributed by atoms with Crippen LogP contribution in [0.4, 0.5) is 0 Å². The highest BCUT2D eigenvalue weighted by Gasteiger charge is 2.20. The van der Waals surface area contributed by atoms with E-state index < -0.39 is 0 Å². The number of nitrogens with zero attached hydrogens (tertiary/aromatic N) is 1. The molecule has 2 aromatic rings. The highest BCUT2D eigenvalue weighted by molar-refractivity contribution is 6.30. The van der Waals surface area contributed by atoms with Gasteiger partial charge in [0.2, 0.25) is 0 Å². The Morgan fingerprint density at radius 2 is 1.75 bits per heavy atom. The second-order valence-corrected chi connectivity index (χ2v) is 6.90. The second kappa shape index (κ2) is 8.06. The first-order valence-electron chi connectivity index (χ1n) is 7.95. The maximum Gasteiger partial charge on any atom is 0.115 e. The number of halogens is 2. The molecule has 0 heterocycles. The van der Waals surface area contributed by atoms with E-state index in [0.29, 0.717) is 5.75 Å². The van der Waals surface area contributed by atoms with Crippen molar-refractivity contribution >= 4 is 29.6 Å². The first kappa shape index (κ1) is 18.9. The van der Waals surface area contributed by atoms with Crippen molar-refractivity contribution in [3.63, 3.8) is 0 Å². The fraction of sp³-hybridized carbons (Fsp3) is 0.300. The summed E-state index contributed by atoms with van der Waals surface area (Å²) in [5.74, 6) is 0.352. The van der Waals surface area contributed by atoms with Crippen LogP contribution >= 0.6 is 24.0 Å². The Labute approximate surface area is 155 Å². The lowest BCUT2D eigenvalue weighted by atomic mass is 9.82. The van der Waals surface area contributed by atoms with Crippen molar-refractivity contribution < 1.29 is 5.11 Å². The van der Waals surface area contributed by atoms with Crippen molar-refractivity contribution in [3.8, 4) is 5.75 Å². The Kier molecular flexibility index (Phi) is 6.34. The van der Waals surface area contributed by atoms with Gasteiger partial charge in [-0.2, -0.15) is 0 Å². The Morgan fingerprint density at radius 1 is 1.04 bits per heavy atom. The summed E-state index contributed by atoms with van der Waals surface area (Å²) in [6.45, 7) is 0.975. The fourth-order valence-corrected chi connectivity index (χ4v) is 3.42. The summed E-state index contributed by atoms with van der Waals surface area (Å²) in [4.78, 5) is 2.22. The van der Waals surface area contributed by atoms with Crippen molar-refractivity contribution in [1.82, 2.24) is 4.90 Å². The number of fused-ring (bicyclic) bond motifs is 1. The molecule has 3 rings (SSSR count). The highest BCUT2D eigenvalue weighted by Crippen LogP contribution is 2.35. The molecule has 0 fully saturated rings. The first-order chi connectivity index (χ1) is 11.0. The molecule has 0 saturated heterocycles. The zero-order valence-corrected chi connectivity index (χ0v) is 15.6. The van der Waals surface area contributed by atoms with Gasteiger partial charge in [0.25, 0.3) is 0 Å². The normalized spacial score (nSPS) is 13.7. The molecule has 4 heteroatoms. The predicted octanol–water partition coefficient (Wildman–Crippen LogP) is 4.97. The van der Waals surface area contributed by atoms with Gasteiger partial charge in [-0.1, -0.05) is 35.4 Å². The zero-order chi connectivity index (χ0) is 16.4. The van der Waals surface area contributed by atoms with Gasteiger partial charge >= 0.3 is 0 Å². The molecular formula is C20H23Cl2NO. The van der Waals surface area contributed by atoms with Crippen LogP contribution in [0.5, 0.6) is 5.75 Å². The van der Waals surface area contributed by atoms with Crippen LogP contribution in [0.3, 0.4) is 0 Å². The number of phenolic OH excluding ortho intramolecular Hbond substituents is 1. The van der Waals surface area contributed by atoms with Crippen molar-refractivity contribution in [2.24, 2.45) is 0 Å². The summed E-state index contributed by atoms with van der Waals surface area (Å²) in [6.07, 6.45) is 2.95. The van der Waals surface area contributed by atoms with E-state index in [9.17, 15) is 5.11 Å². The largest absolute Gasteiger partial charge is 0.508 e. The number of aromatic hydroxyl groups is 1. The molecule has 2 nitrogen and oxygen atoms in total. The number of phenols is 1. The first-order valence-corrected chi connectivity index (χ1v) is 8.33. The number of hydrogen-bond acceptors (Lipinski definition) is 2. The summed E-state index contributed by atoms with van der Waals surface area (Å²) in [5.41, 5.74) is 6.67. The van der Waals surface area contributed by atoms with E-state index in [4.69, 9.17) is 11.6 Å². The van der Waals surface area contributed by atoms with Crippen molar-refractivity contribution in [2.45, 2.75) is 19.3 Å². The van der Waals surface area contributed by atoms with E-state index in [0.717, 1.165) is 30.8 Å². The maximum absolute atomic E-state index is 9.77. The molecule has 2 aromatic carbocycles. The third kappa shape index (κ3) is 4.32. The van der Waals surface area contributed by atoms with Crippen LogP contribution < -0.4 is 0 Å². The molecule has 1 aliphatic rings. The molecule has 1 aliphatic carbocycles. The second-order valence-electron chi connectivity index (χ2n) is 6.46. The molecule has 128 valence electrons. The molecule has 0 amide bonds. The minimum Gasteiger partial charge on any atom is -0.508 e. The van der Waals surface area contributed by atoms with E-state index in [1.165, 1.54) is 27.8 Å². The third-order valence-corrected chi connectivity index (χ3v) is 4.59. The van der Waals surface area contributed by atoms with Crippen molar-refractivity contribution in [1.29, 1.82) is 0 Å². The predicted molar refractivity (Wildman–Crippen MR) is 104 cm³/mol. The number of rotatable bonds is 4. The van der Waals surface area contributed by atoms with Gasteiger partial charge in [-0.05, 0) is 79.9 Å². The molecule has 0 aromatic heterocycles. The minimum absolute atomic E-state index is 0. The lowest BCUT2D eigenvalue weighted by Crippen LogP contribution is -2.19. The summed E-state index contributed by atoms with van der Waals surface area (Å²) >= 11 is 6.00. The Bertz CT molecular complexity index is 736. The molecule has 0 bridgehead atoms. The van der Waals surface area contributed by atoms with E-state index >= 15 is 0 Å². The molecule has 24 heavy (non-hydrogen) atoms. The Morgan fingerprint density at radius 3 is 2.42 bits per heavy atom. The fourth-order valence-electron chi connectivity index (χ4n) is 3.29. The van der Waals surface area contributed by atoms with Gasteiger partial charge in [0.15, 0.2) is 0 Å². The van der Waals surface area contributed by atoms with E-state index in [2.05, 4.69) is 37.2 Å². The van der Waals surface area contributed by atoms with Crippen LogP contribution in [0, 0.1) is 0 Å². The van der Waals surface area contributed by atoms with Gasteiger partial charge in [0.05, 0.1) is 0 Å². The number of aryl methyl sites for hydroxylation is 1. The number of allylic oxidation sites excluding steroid dienone is 1. The maximum atomic E-state index is 9.77. The van der Waals surface area contributed by atoms with Gasteiger partial charge < -0.3 is 10.0 Å². The highest BCUT2D eigenvalue weighted by atomic mass is 35.5. The smallest absolute Gasteiger partial charge is 0.115 e. The van der Waals surface area contributed by atoms with Crippen molar-refractivity contribution in [3.05, 3.63) is 69.8 Å². The quantitative estimate of drug-likeness (QED) is 0.828. The Balaban J connectivity index is 0.00000208. The summed E-state index contributed by atoms with van der Waals surface area (Å²) in [5, 5.41) is 10.5. The minimum atomic E-state index is 0. The van der Waals surface area contributed by atoms with Crippen LogP contribution in [0.1, 0.15) is 23.1 Å². The van der Waals surface area contributed by atoms with Crippen molar-refractivity contribution in [2.75, 3.05) is 20.6 Å². The van der Waals surface area contributed by atoms with Crippen LogP contribution in [0.25, 0.3) is 5.57 Å². The molecule has 0 unspecified atom stereocenters. The van der Waals surface area contributed by atoms with Gasteiger partial charge in [-0.15, -0.1) is 12.4 Å². The summed E-state index contributed by atoms with van der Waals surface area (Å²) in [7, 11) is 4.22. The Hall–Kier alpha value is -1.48. The average Bonchev–Trinajstić information content (AvgIpc) is 2.51. The third-order valence-electron chi connectivity index (χ3n) is 4.34. The summed E-state index contributed by atoms with van der Waals surface area (Å²) < 4.78 is 0. The van der Waals surface area contributed by atoms with E-state index in [1.54, 1.807) is 6.07 Å². The zero-order valence-electron chi connectivity index (χ0n) is 14.1. The average molecular weight is 364 g/mol. The lowest BCUT2D eigenvalue weighted by molar-refractivity contribution is 0.438. The van der Waals surface area contributed by atoms with Crippen LogP contribution in [0.2, 0.25) is 5.02 Å². The van der Waals surface area contributed by atoms with Gasteiger partial charge in [0, 0.05) is 11.6 Å². The molecular weight excluding hydrogens is 341 g/mol. The van der Waals surface area contributed by atoms with Gasteiger partial charge in [-0.25, -0.2) is 0 Å². The SMILES string of the molecule is CN(C)CC1=C(Cc2ccc(Cl)cc2)c2ccc(O)cc2CC1.Cl. The molecule has 0 saturated carbocycles. The molecule has 0 radical (unpaired) electrons. The number of hydrogen-bond donors (Lipinski definition) is 1. The molecule has 0 atom stereocenters. The van der Waals surface area contributed by atoms with Crippen LogP contribution in [0.15, 0.2) is 48.0 Å². The monoisotopic (exact) mass is 363 g/mol. The molecule has 1 N–H and O–H groups in total.